The number of fused-ring (bicyclic) bond motifs is 1. The number of rotatable bonds is 6. The summed E-state index contributed by atoms with van der Waals surface area (Å²) in [4.78, 5) is 21.5. The van der Waals surface area contributed by atoms with Crippen molar-refractivity contribution in [2.75, 3.05) is 31.1 Å². The largest absolute Gasteiger partial charge is 0.369 e. The van der Waals surface area contributed by atoms with Gasteiger partial charge in [0.05, 0.1) is 6.04 Å². The molecular formula is C28H33N7O. The van der Waals surface area contributed by atoms with E-state index in [0.29, 0.717) is 6.04 Å². The number of pyridine rings is 1. The third-order valence-corrected chi connectivity index (χ3v) is 7.87. The lowest BCUT2D eigenvalue weighted by Crippen LogP contribution is -2.49. The first-order valence-corrected chi connectivity index (χ1v) is 13.2. The van der Waals surface area contributed by atoms with Gasteiger partial charge in [0.15, 0.2) is 5.82 Å². The second kappa shape index (κ2) is 9.85. The van der Waals surface area contributed by atoms with Gasteiger partial charge in [-0.25, -0.2) is 4.68 Å². The molecule has 1 aliphatic heterocycles. The van der Waals surface area contributed by atoms with Crippen LogP contribution in [0, 0.1) is 0 Å². The summed E-state index contributed by atoms with van der Waals surface area (Å²) in [7, 11) is 0. The average Bonchev–Trinajstić information content (AvgIpc) is 3.62. The van der Waals surface area contributed by atoms with Crippen molar-refractivity contribution in [1.82, 2.24) is 30.1 Å². The number of benzene rings is 2. The molecular weight excluding hydrogens is 450 g/mol. The highest BCUT2D eigenvalue weighted by Crippen LogP contribution is 2.34. The molecule has 2 aromatic carbocycles. The first kappa shape index (κ1) is 22.9. The van der Waals surface area contributed by atoms with Crippen LogP contribution in [0.15, 0.2) is 59.4 Å². The Morgan fingerprint density at radius 1 is 1.00 bits per heavy atom. The molecule has 2 fully saturated rings. The van der Waals surface area contributed by atoms with Gasteiger partial charge in [-0.2, -0.15) is 0 Å². The molecule has 3 heterocycles. The third-order valence-electron chi connectivity index (χ3n) is 7.87. The Hall–Kier alpha value is -3.52. The number of piperazine rings is 1. The molecule has 1 saturated carbocycles. The number of tetrazole rings is 1. The topological polar surface area (TPSA) is 82.9 Å². The van der Waals surface area contributed by atoms with Crippen LogP contribution in [-0.2, 0) is 6.42 Å². The highest BCUT2D eigenvalue weighted by atomic mass is 16.1. The number of nitrogens with one attached hydrogen (secondary N) is 1. The molecule has 0 bridgehead atoms. The number of para-hydroxylation sites is 1. The van der Waals surface area contributed by atoms with E-state index in [1.54, 1.807) is 0 Å². The molecule has 1 aliphatic carbocycles. The number of hydrogen-bond acceptors (Lipinski definition) is 6. The van der Waals surface area contributed by atoms with Crippen molar-refractivity contribution < 1.29 is 0 Å². The molecule has 1 saturated heterocycles. The average molecular weight is 484 g/mol. The van der Waals surface area contributed by atoms with Gasteiger partial charge < -0.3 is 9.88 Å². The van der Waals surface area contributed by atoms with Gasteiger partial charge in [-0.15, -0.1) is 5.10 Å². The zero-order valence-electron chi connectivity index (χ0n) is 20.8. The molecule has 1 atom stereocenters. The van der Waals surface area contributed by atoms with Crippen molar-refractivity contribution in [3.05, 3.63) is 81.9 Å². The number of H-pyrrole nitrogens is 1. The molecule has 0 amide bonds. The molecule has 0 spiro atoms. The van der Waals surface area contributed by atoms with Crippen molar-refractivity contribution in [3.8, 4) is 0 Å². The fourth-order valence-electron chi connectivity index (χ4n) is 5.86. The fourth-order valence-corrected chi connectivity index (χ4v) is 5.86. The van der Waals surface area contributed by atoms with E-state index in [4.69, 9.17) is 0 Å². The van der Waals surface area contributed by atoms with Crippen LogP contribution in [0.5, 0.6) is 0 Å². The minimum absolute atomic E-state index is 0.0665. The van der Waals surface area contributed by atoms with Crippen LogP contribution in [-0.4, -0.2) is 56.3 Å². The summed E-state index contributed by atoms with van der Waals surface area (Å²) in [5.41, 5.74) is 4.01. The quantitative estimate of drug-likeness (QED) is 0.445. The lowest BCUT2D eigenvalue weighted by atomic mass is 10.0. The zero-order chi connectivity index (χ0) is 24.5. The van der Waals surface area contributed by atoms with E-state index in [0.717, 1.165) is 67.7 Å². The molecule has 186 valence electrons. The number of aromatic amines is 1. The smallest absolute Gasteiger partial charge is 0.253 e. The minimum Gasteiger partial charge on any atom is -0.369 e. The monoisotopic (exact) mass is 483 g/mol. The van der Waals surface area contributed by atoms with Crippen LogP contribution < -0.4 is 10.5 Å². The summed E-state index contributed by atoms with van der Waals surface area (Å²) in [5, 5.41) is 14.1. The molecule has 8 heteroatoms. The van der Waals surface area contributed by atoms with Crippen molar-refractivity contribution in [2.45, 2.75) is 51.1 Å². The third kappa shape index (κ3) is 4.30. The normalized spacial score (nSPS) is 18.2. The van der Waals surface area contributed by atoms with E-state index < -0.39 is 0 Å². The van der Waals surface area contributed by atoms with Crippen molar-refractivity contribution in [1.29, 1.82) is 0 Å². The van der Waals surface area contributed by atoms with Crippen LogP contribution in [0.4, 0.5) is 5.69 Å². The lowest BCUT2D eigenvalue weighted by Gasteiger charge is -2.39. The molecule has 0 radical (unpaired) electrons. The fraction of sp³-hybridized carbons (Fsp3) is 0.429. The van der Waals surface area contributed by atoms with Gasteiger partial charge in [0.2, 0.25) is 0 Å². The number of aromatic nitrogens is 5. The highest BCUT2D eigenvalue weighted by Gasteiger charge is 2.34. The second-order valence-corrected chi connectivity index (χ2v) is 10.0. The predicted octanol–water partition coefficient (Wildman–Crippen LogP) is 4.10. The Morgan fingerprint density at radius 2 is 1.78 bits per heavy atom. The maximum Gasteiger partial charge on any atom is 0.253 e. The SMILES string of the molecule is CCc1ccc2[nH]c(=O)c([C@H](c3nnnn3C3CCCC3)N3CCN(c4ccccc4)CC3)cc2c1. The number of anilines is 1. The molecule has 2 aromatic heterocycles. The van der Waals surface area contributed by atoms with Gasteiger partial charge in [-0.1, -0.05) is 44.0 Å². The summed E-state index contributed by atoms with van der Waals surface area (Å²) in [6.07, 6.45) is 5.51. The first-order valence-electron chi connectivity index (χ1n) is 13.2. The predicted molar refractivity (Wildman–Crippen MR) is 141 cm³/mol. The van der Waals surface area contributed by atoms with E-state index in [1.807, 2.05) is 10.7 Å². The van der Waals surface area contributed by atoms with E-state index in [2.05, 4.69) is 85.8 Å². The first-order chi connectivity index (χ1) is 17.7. The number of hydrogen-bond donors (Lipinski definition) is 1. The standard InChI is InChI=1S/C28H33N7O/c1-2-20-12-13-25-21(18-20)19-24(28(36)29-25)26(27-30-31-32-35(27)23-10-6-7-11-23)34-16-14-33(15-17-34)22-8-4-3-5-9-22/h3-5,8-9,12-13,18-19,23,26H,2,6-7,10-11,14-17H2,1H3,(H,29,36)/t26-/m1/s1. The number of nitrogens with zero attached hydrogens (tertiary/aromatic N) is 6. The van der Waals surface area contributed by atoms with Crippen LogP contribution >= 0.6 is 0 Å². The molecule has 6 rings (SSSR count). The summed E-state index contributed by atoms with van der Waals surface area (Å²) >= 11 is 0. The van der Waals surface area contributed by atoms with E-state index in [9.17, 15) is 4.79 Å². The van der Waals surface area contributed by atoms with Gasteiger partial charge in [0, 0.05) is 42.9 Å². The minimum atomic E-state index is -0.294. The second-order valence-electron chi connectivity index (χ2n) is 10.0. The summed E-state index contributed by atoms with van der Waals surface area (Å²) < 4.78 is 2.01. The van der Waals surface area contributed by atoms with Crippen LogP contribution in [0.3, 0.4) is 0 Å². The Balaban J connectivity index is 1.40. The zero-order valence-corrected chi connectivity index (χ0v) is 20.8. The Morgan fingerprint density at radius 3 is 2.53 bits per heavy atom. The van der Waals surface area contributed by atoms with Crippen LogP contribution in [0.1, 0.15) is 61.6 Å². The summed E-state index contributed by atoms with van der Waals surface area (Å²) in [5.74, 6) is 0.784. The Bertz CT molecular complexity index is 1380. The lowest BCUT2D eigenvalue weighted by molar-refractivity contribution is 0.197. The number of aryl methyl sites for hydroxylation is 1. The Kier molecular flexibility index (Phi) is 6.27. The molecule has 36 heavy (non-hydrogen) atoms. The van der Waals surface area contributed by atoms with E-state index >= 15 is 0 Å². The van der Waals surface area contributed by atoms with Crippen molar-refractivity contribution in [3.63, 3.8) is 0 Å². The molecule has 0 unspecified atom stereocenters. The van der Waals surface area contributed by atoms with Gasteiger partial charge in [0.1, 0.15) is 6.04 Å². The van der Waals surface area contributed by atoms with Crippen LogP contribution in [0.25, 0.3) is 10.9 Å². The highest BCUT2D eigenvalue weighted by molar-refractivity contribution is 5.80. The van der Waals surface area contributed by atoms with E-state index in [-0.39, 0.29) is 11.6 Å². The molecule has 4 aromatic rings. The molecule has 2 aliphatic rings. The maximum absolute atomic E-state index is 13.5. The van der Waals surface area contributed by atoms with Crippen LogP contribution in [0.2, 0.25) is 0 Å². The van der Waals surface area contributed by atoms with Gasteiger partial charge >= 0.3 is 0 Å². The molecule has 8 nitrogen and oxygen atoms in total. The maximum atomic E-state index is 13.5. The molecule has 1 N–H and O–H groups in total. The summed E-state index contributed by atoms with van der Waals surface area (Å²) in [6.45, 7) is 5.57. The van der Waals surface area contributed by atoms with E-state index in [1.165, 1.54) is 24.1 Å². The van der Waals surface area contributed by atoms with Gasteiger partial charge in [-0.05, 0) is 71.0 Å². The summed E-state index contributed by atoms with van der Waals surface area (Å²) in [6, 6.07) is 18.9. The Labute approximate surface area is 210 Å². The van der Waals surface area contributed by atoms with Crippen molar-refractivity contribution >= 4 is 16.6 Å². The van der Waals surface area contributed by atoms with Crippen molar-refractivity contribution in [2.24, 2.45) is 0 Å². The van der Waals surface area contributed by atoms with Gasteiger partial charge in [0.25, 0.3) is 5.56 Å². The van der Waals surface area contributed by atoms with Gasteiger partial charge in [-0.3, -0.25) is 9.69 Å².